The van der Waals surface area contributed by atoms with Crippen LogP contribution in [0, 0.1) is 56.2 Å². The maximum atomic E-state index is 13.1. The molecule has 2 aliphatic heterocycles. The van der Waals surface area contributed by atoms with Gasteiger partial charge in [-0.2, -0.15) is 0 Å². The third kappa shape index (κ3) is 8.41. The molecule has 0 aromatic rings. The van der Waals surface area contributed by atoms with E-state index in [4.69, 9.17) is 28.4 Å². The van der Waals surface area contributed by atoms with E-state index < -0.39 is 138 Å². The topological polar surface area (TPSA) is 289 Å². The van der Waals surface area contributed by atoms with Crippen LogP contribution < -0.4 is 0 Å². The van der Waals surface area contributed by atoms with E-state index >= 15 is 0 Å². The Morgan fingerprint density at radius 1 is 0.806 bits per heavy atom. The summed E-state index contributed by atoms with van der Waals surface area (Å²) in [7, 11) is 0. The summed E-state index contributed by atoms with van der Waals surface area (Å²) in [5.41, 5.74) is -2.75. The van der Waals surface area contributed by atoms with Gasteiger partial charge in [0, 0.05) is 18.8 Å². The van der Waals surface area contributed by atoms with Gasteiger partial charge in [-0.25, -0.2) is 4.79 Å². The lowest BCUT2D eigenvalue weighted by Gasteiger charge is -2.72. The number of fused-ring (bicyclic) bond motifs is 7. The second kappa shape index (κ2) is 18.4. The fourth-order valence-corrected chi connectivity index (χ4v) is 14.9. The average molecular weight is 955 g/mol. The van der Waals surface area contributed by atoms with Gasteiger partial charge < -0.3 is 74.4 Å². The van der Waals surface area contributed by atoms with Crippen molar-refractivity contribution in [1.29, 1.82) is 0 Å². The summed E-state index contributed by atoms with van der Waals surface area (Å²) in [6, 6.07) is 0. The highest BCUT2D eigenvalue weighted by atomic mass is 16.8. The molecule has 0 radical (unpaired) electrons. The van der Waals surface area contributed by atoms with Crippen LogP contribution in [0.2, 0.25) is 0 Å². The molecular weight excluding hydrogens is 877 g/mol. The van der Waals surface area contributed by atoms with Gasteiger partial charge in [-0.3, -0.25) is 9.59 Å². The Morgan fingerprint density at radius 2 is 1.48 bits per heavy atom. The van der Waals surface area contributed by atoms with Crippen LogP contribution in [0.15, 0.2) is 11.6 Å². The first kappa shape index (κ1) is 52.5. The number of carbonyl (C=O) groups excluding carboxylic acids is 2. The number of aliphatic hydroxyl groups excluding tert-OH is 8. The predicted octanol–water partition coefficient (Wildman–Crippen LogP) is 1.96. The second-order valence-corrected chi connectivity index (χ2v) is 23.6. The Balaban J connectivity index is 1.19. The van der Waals surface area contributed by atoms with Crippen LogP contribution in [-0.2, 0) is 42.8 Å². The first-order valence-electron chi connectivity index (χ1n) is 24.3. The lowest BCUT2D eigenvalue weighted by atomic mass is 9.33. The summed E-state index contributed by atoms with van der Waals surface area (Å²) in [5, 5.41) is 98.8. The Labute approximate surface area is 393 Å². The standard InChI is InChI=1S/C49H78O18/c1-22(2)17-31(53)62-21-49-25(18-44(4,5)40(39(49)59)63-23(3)51)24-11-12-28-46(8)15-14-30(45(6,7)27(46)13-16-47(28,9)48(24,10)19-29(49)52)65-43-38(35(57)34(56)37(66-43)41(60)61)67-42-36(58)33(55)32(54)26(20-50)64-42/h11,22,25-30,32-40,42-43,50,52,54-59H,12-21H2,1-10H3,(H,60,61)/t25-,26+,27-,28+,29+,30-,32-,33-,34-,35-,36+,37-,38+,39-,40-,42-,43+,46-,47+,48+,49-/m0/s1. The summed E-state index contributed by atoms with van der Waals surface area (Å²) < 4.78 is 35.8. The van der Waals surface area contributed by atoms with Crippen molar-refractivity contribution in [2.24, 2.45) is 56.2 Å². The molecule has 0 spiro atoms. The van der Waals surface area contributed by atoms with E-state index in [9.17, 15) is 60.3 Å². The molecule has 0 amide bonds. The summed E-state index contributed by atoms with van der Waals surface area (Å²) in [6.07, 6.45) is -15.0. The van der Waals surface area contributed by atoms with Gasteiger partial charge in [0.05, 0.1) is 24.2 Å². The molecule has 18 nitrogen and oxygen atoms in total. The van der Waals surface area contributed by atoms with E-state index in [2.05, 4.69) is 40.7 Å². The van der Waals surface area contributed by atoms with Crippen molar-refractivity contribution in [3.63, 3.8) is 0 Å². The number of carboxylic acids is 1. The number of hydrogen-bond donors (Lipinski definition) is 9. The summed E-state index contributed by atoms with van der Waals surface area (Å²) in [5.74, 6) is -2.77. The van der Waals surface area contributed by atoms with Gasteiger partial charge in [0.15, 0.2) is 18.7 Å². The predicted molar refractivity (Wildman–Crippen MR) is 235 cm³/mol. The molecule has 2 heterocycles. The van der Waals surface area contributed by atoms with E-state index in [1.807, 2.05) is 27.7 Å². The largest absolute Gasteiger partial charge is 0.479 e. The molecule has 0 bridgehead atoms. The maximum absolute atomic E-state index is 13.1. The number of carboxylic acid groups (broad SMARTS) is 1. The van der Waals surface area contributed by atoms with Gasteiger partial charge in [0.2, 0.25) is 0 Å². The lowest BCUT2D eigenvalue weighted by Crippen LogP contribution is -2.72. The van der Waals surface area contributed by atoms with E-state index in [1.54, 1.807) is 0 Å². The average Bonchev–Trinajstić information content (AvgIpc) is 3.22. The van der Waals surface area contributed by atoms with E-state index in [0.29, 0.717) is 25.7 Å². The van der Waals surface area contributed by atoms with Crippen molar-refractivity contribution in [3.05, 3.63) is 11.6 Å². The lowest BCUT2D eigenvalue weighted by molar-refractivity contribution is -0.374. The summed E-state index contributed by atoms with van der Waals surface area (Å²) >= 11 is 0. The van der Waals surface area contributed by atoms with E-state index in [0.717, 1.165) is 18.4 Å². The molecule has 382 valence electrons. The molecule has 0 unspecified atom stereocenters. The van der Waals surface area contributed by atoms with Gasteiger partial charge >= 0.3 is 17.9 Å². The molecule has 2 saturated heterocycles. The number of rotatable bonds is 11. The second-order valence-electron chi connectivity index (χ2n) is 23.6. The van der Waals surface area contributed by atoms with Crippen LogP contribution in [0.1, 0.15) is 121 Å². The van der Waals surface area contributed by atoms with Crippen molar-refractivity contribution >= 4 is 17.9 Å². The maximum Gasteiger partial charge on any atom is 0.335 e. The zero-order valence-electron chi connectivity index (χ0n) is 40.7. The van der Waals surface area contributed by atoms with Crippen molar-refractivity contribution in [3.8, 4) is 0 Å². The number of allylic oxidation sites excluding steroid dienone is 2. The summed E-state index contributed by atoms with van der Waals surface area (Å²) in [6.45, 7) is 19.1. The van der Waals surface area contributed by atoms with Crippen LogP contribution >= 0.6 is 0 Å². The highest BCUT2D eigenvalue weighted by Crippen LogP contribution is 2.76. The van der Waals surface area contributed by atoms with Gasteiger partial charge in [-0.15, -0.1) is 0 Å². The van der Waals surface area contributed by atoms with Gasteiger partial charge in [0.1, 0.15) is 61.5 Å². The molecule has 0 aromatic carbocycles. The van der Waals surface area contributed by atoms with Crippen molar-refractivity contribution in [1.82, 2.24) is 0 Å². The number of hydrogen-bond acceptors (Lipinski definition) is 17. The third-order valence-corrected chi connectivity index (χ3v) is 18.6. The minimum atomic E-state index is -1.99. The van der Waals surface area contributed by atoms with Crippen LogP contribution in [0.4, 0.5) is 0 Å². The molecule has 0 aromatic heterocycles. The first-order chi connectivity index (χ1) is 31.0. The molecule has 18 heteroatoms. The van der Waals surface area contributed by atoms with E-state index in [-0.39, 0.29) is 48.0 Å². The van der Waals surface area contributed by atoms with Crippen molar-refractivity contribution in [2.45, 2.75) is 206 Å². The van der Waals surface area contributed by atoms with Crippen molar-refractivity contribution < 1.29 is 88.8 Å². The molecular formula is C49H78O18. The fourth-order valence-electron chi connectivity index (χ4n) is 14.9. The normalized spacial score (nSPS) is 49.0. The van der Waals surface area contributed by atoms with Crippen LogP contribution in [0.25, 0.3) is 0 Å². The quantitative estimate of drug-likeness (QED) is 0.0813. The number of ether oxygens (including phenoxy) is 6. The zero-order chi connectivity index (χ0) is 49.7. The Hall–Kier alpha value is -2.33. The fraction of sp³-hybridized carbons (Fsp3) is 0.898. The van der Waals surface area contributed by atoms with Crippen LogP contribution in [-0.4, -0.2) is 163 Å². The Morgan fingerprint density at radius 3 is 2.09 bits per heavy atom. The third-order valence-electron chi connectivity index (χ3n) is 18.6. The monoisotopic (exact) mass is 955 g/mol. The van der Waals surface area contributed by atoms with Gasteiger partial charge in [-0.1, -0.05) is 74.0 Å². The summed E-state index contributed by atoms with van der Waals surface area (Å²) in [4.78, 5) is 37.9. The number of aliphatic hydroxyl groups is 8. The highest BCUT2D eigenvalue weighted by Gasteiger charge is 2.73. The molecule has 4 saturated carbocycles. The molecule has 5 aliphatic carbocycles. The van der Waals surface area contributed by atoms with Crippen molar-refractivity contribution in [2.75, 3.05) is 13.2 Å². The minimum absolute atomic E-state index is 0.0301. The highest BCUT2D eigenvalue weighted by molar-refractivity contribution is 5.73. The minimum Gasteiger partial charge on any atom is -0.479 e. The van der Waals surface area contributed by atoms with Gasteiger partial charge in [0.25, 0.3) is 0 Å². The molecule has 21 atom stereocenters. The first-order valence-corrected chi connectivity index (χ1v) is 24.3. The van der Waals surface area contributed by atoms with Gasteiger partial charge in [-0.05, 0) is 90.3 Å². The number of esters is 2. The van der Waals surface area contributed by atoms with Crippen LogP contribution in [0.5, 0.6) is 0 Å². The molecule has 7 rings (SSSR count). The van der Waals surface area contributed by atoms with Crippen LogP contribution in [0.3, 0.4) is 0 Å². The Kier molecular flexibility index (Phi) is 14.4. The molecule has 7 aliphatic rings. The number of carbonyl (C=O) groups is 3. The Bertz CT molecular complexity index is 1890. The van der Waals surface area contributed by atoms with E-state index in [1.165, 1.54) is 6.92 Å². The zero-order valence-corrected chi connectivity index (χ0v) is 40.7. The molecule has 9 N–H and O–H groups in total. The number of aliphatic carboxylic acids is 1. The smallest absolute Gasteiger partial charge is 0.335 e. The SMILES string of the molecule is CC(=O)O[C@H]1[C@H](O)[C@]2(COC(=O)CC(C)C)[C@H](O)C[C@]3(C)C(=CC[C@@H]4[C@@]5(C)CC[C@H](O[C@@H]6O[C@H](C(=O)O)[C@@H](O)[C@H](O)[C@H]6O[C@@H]6O[C@H](CO)[C@H](O)[C@H](O)[C@H]6O)C(C)(C)[C@@H]5CC[C@]43C)[C@@H]2CC1(C)C. The molecule has 67 heavy (non-hydrogen) atoms. The molecule has 6 fully saturated rings.